The number of hydrogen-bond donors (Lipinski definition) is 1. The summed E-state index contributed by atoms with van der Waals surface area (Å²) in [5.41, 5.74) is 0.163. The third-order valence-corrected chi connectivity index (χ3v) is 4.39. The van der Waals surface area contributed by atoms with Crippen LogP contribution >= 0.6 is 0 Å². The lowest BCUT2D eigenvalue weighted by Gasteiger charge is -2.13. The Labute approximate surface area is 135 Å². The third-order valence-electron chi connectivity index (χ3n) is 2.88. The largest absolute Gasteiger partial charge is 0.465 e. The number of esters is 1. The predicted octanol–water partition coefficient (Wildman–Crippen LogP) is 1.63. The van der Waals surface area contributed by atoms with E-state index >= 15 is 0 Å². The van der Waals surface area contributed by atoms with E-state index in [-0.39, 0.29) is 23.1 Å². The first-order valence-corrected chi connectivity index (χ1v) is 8.58. The molecule has 128 valence electrons. The topological polar surface area (TPSA) is 116 Å². The quantitative estimate of drug-likeness (QED) is 0.435. The number of carbonyl (C=O) groups is 1. The Hall–Kier alpha value is -2.00. The zero-order valence-electron chi connectivity index (χ0n) is 13.2. The Morgan fingerprint density at radius 1 is 1.39 bits per heavy atom. The summed E-state index contributed by atoms with van der Waals surface area (Å²) in [7, 11) is -3.97. The van der Waals surface area contributed by atoms with Crippen molar-refractivity contribution in [2.75, 3.05) is 13.2 Å². The molecular weight excluding hydrogens is 324 g/mol. The minimum atomic E-state index is -3.97. The van der Waals surface area contributed by atoms with Crippen molar-refractivity contribution in [3.63, 3.8) is 0 Å². The predicted molar refractivity (Wildman–Crippen MR) is 83.5 cm³/mol. The van der Waals surface area contributed by atoms with Gasteiger partial charge in [0, 0.05) is 12.1 Å². The first-order chi connectivity index (χ1) is 10.7. The number of nitro groups is 1. The van der Waals surface area contributed by atoms with E-state index in [0.717, 1.165) is 6.07 Å². The number of nitrogens with zero attached hydrogens (tertiary/aromatic N) is 1. The van der Waals surface area contributed by atoms with Crippen molar-refractivity contribution < 1.29 is 22.9 Å². The van der Waals surface area contributed by atoms with E-state index in [9.17, 15) is 23.3 Å². The number of rotatable bonds is 8. The average Bonchev–Trinajstić information content (AvgIpc) is 2.44. The summed E-state index contributed by atoms with van der Waals surface area (Å²) in [4.78, 5) is 21.5. The van der Waals surface area contributed by atoms with Gasteiger partial charge in [-0.2, -0.15) is 4.72 Å². The number of non-ortho nitro benzene ring substituents is 1. The molecule has 0 aliphatic heterocycles. The Bertz CT molecular complexity index is 685. The third kappa shape index (κ3) is 5.61. The summed E-state index contributed by atoms with van der Waals surface area (Å²) in [6.07, 6.45) is 0.358. The number of hydrogen-bond acceptors (Lipinski definition) is 6. The van der Waals surface area contributed by atoms with Crippen LogP contribution < -0.4 is 4.72 Å². The standard InChI is InChI=1S/C14H20N2O6S/c1-4-22-14(17)9-15-23(20,21)13-6-5-12(16(18)19)8-11(13)7-10(2)3/h5-6,8,10,15H,4,7,9H2,1-3H3. The molecule has 1 aromatic carbocycles. The summed E-state index contributed by atoms with van der Waals surface area (Å²) in [6, 6.07) is 3.56. The van der Waals surface area contributed by atoms with Crippen LogP contribution in [0.3, 0.4) is 0 Å². The van der Waals surface area contributed by atoms with E-state index in [4.69, 9.17) is 0 Å². The maximum absolute atomic E-state index is 12.3. The van der Waals surface area contributed by atoms with Gasteiger partial charge < -0.3 is 4.74 Å². The summed E-state index contributed by atoms with van der Waals surface area (Å²) >= 11 is 0. The number of carbonyl (C=O) groups excluding carboxylic acids is 1. The molecule has 0 aliphatic rings. The molecule has 0 unspecified atom stereocenters. The van der Waals surface area contributed by atoms with E-state index in [1.807, 2.05) is 13.8 Å². The summed E-state index contributed by atoms with van der Waals surface area (Å²) in [5.74, 6) is -0.584. The van der Waals surface area contributed by atoms with Crippen LogP contribution in [-0.4, -0.2) is 32.5 Å². The Kier molecular flexibility index (Phi) is 6.64. The smallest absolute Gasteiger partial charge is 0.321 e. The molecule has 0 spiro atoms. The van der Waals surface area contributed by atoms with E-state index < -0.39 is 27.5 Å². The molecule has 0 aliphatic carbocycles. The number of nitro benzene ring substituents is 1. The van der Waals surface area contributed by atoms with Gasteiger partial charge in [0.2, 0.25) is 10.0 Å². The Morgan fingerprint density at radius 2 is 2.04 bits per heavy atom. The SMILES string of the molecule is CCOC(=O)CNS(=O)(=O)c1ccc([N+](=O)[O-])cc1CC(C)C. The fourth-order valence-electron chi connectivity index (χ4n) is 1.98. The van der Waals surface area contributed by atoms with Crippen molar-refractivity contribution in [1.29, 1.82) is 0 Å². The normalized spacial score (nSPS) is 11.5. The Morgan fingerprint density at radius 3 is 2.57 bits per heavy atom. The second-order valence-corrected chi connectivity index (χ2v) is 7.01. The molecule has 8 nitrogen and oxygen atoms in total. The van der Waals surface area contributed by atoms with Crippen molar-refractivity contribution in [2.24, 2.45) is 5.92 Å². The molecule has 23 heavy (non-hydrogen) atoms. The maximum Gasteiger partial charge on any atom is 0.321 e. The minimum Gasteiger partial charge on any atom is -0.465 e. The highest BCUT2D eigenvalue weighted by Crippen LogP contribution is 2.24. The number of ether oxygens (including phenoxy) is 1. The zero-order valence-corrected chi connectivity index (χ0v) is 14.1. The second-order valence-electron chi connectivity index (χ2n) is 5.28. The van der Waals surface area contributed by atoms with Crippen molar-refractivity contribution in [2.45, 2.75) is 32.1 Å². The molecule has 0 aromatic heterocycles. The first kappa shape index (κ1) is 19.0. The fraction of sp³-hybridized carbons (Fsp3) is 0.500. The van der Waals surface area contributed by atoms with Gasteiger partial charge in [-0.25, -0.2) is 8.42 Å². The average molecular weight is 344 g/mol. The molecule has 0 amide bonds. The van der Waals surface area contributed by atoms with E-state index in [0.29, 0.717) is 12.0 Å². The van der Waals surface area contributed by atoms with Crippen LogP contribution in [0.1, 0.15) is 26.3 Å². The highest BCUT2D eigenvalue weighted by Gasteiger charge is 2.22. The monoisotopic (exact) mass is 344 g/mol. The zero-order chi connectivity index (χ0) is 17.6. The van der Waals surface area contributed by atoms with Crippen LogP contribution in [0.4, 0.5) is 5.69 Å². The first-order valence-electron chi connectivity index (χ1n) is 7.10. The van der Waals surface area contributed by atoms with Crippen LogP contribution in [0.15, 0.2) is 23.1 Å². The molecule has 1 rings (SSSR count). The van der Waals surface area contributed by atoms with Crippen molar-refractivity contribution in [1.82, 2.24) is 4.72 Å². The van der Waals surface area contributed by atoms with E-state index in [1.165, 1.54) is 12.1 Å². The fourth-order valence-corrected chi connectivity index (χ4v) is 3.18. The van der Waals surface area contributed by atoms with Gasteiger partial charge in [0.25, 0.3) is 5.69 Å². The lowest BCUT2D eigenvalue weighted by atomic mass is 10.0. The molecule has 1 N–H and O–H groups in total. The van der Waals surface area contributed by atoms with E-state index in [1.54, 1.807) is 6.92 Å². The Balaban J connectivity index is 3.13. The lowest BCUT2D eigenvalue weighted by molar-refractivity contribution is -0.385. The molecular formula is C14H20N2O6S. The van der Waals surface area contributed by atoms with Gasteiger partial charge in [0.15, 0.2) is 0 Å². The van der Waals surface area contributed by atoms with Crippen molar-refractivity contribution >= 4 is 21.7 Å². The van der Waals surface area contributed by atoms with E-state index in [2.05, 4.69) is 9.46 Å². The van der Waals surface area contributed by atoms with Gasteiger partial charge >= 0.3 is 5.97 Å². The number of benzene rings is 1. The molecule has 0 fully saturated rings. The molecule has 0 radical (unpaired) electrons. The van der Waals surface area contributed by atoms with Gasteiger partial charge in [-0.1, -0.05) is 13.8 Å². The van der Waals surface area contributed by atoms with Crippen LogP contribution in [-0.2, 0) is 26.0 Å². The maximum atomic E-state index is 12.3. The van der Waals surface area contributed by atoms with Gasteiger partial charge in [-0.15, -0.1) is 0 Å². The molecule has 0 bridgehead atoms. The summed E-state index contributed by atoms with van der Waals surface area (Å²) < 4.78 is 31.5. The summed E-state index contributed by atoms with van der Waals surface area (Å²) in [5, 5.41) is 10.9. The molecule has 0 atom stereocenters. The van der Waals surface area contributed by atoms with Gasteiger partial charge in [-0.3, -0.25) is 14.9 Å². The molecule has 0 saturated carbocycles. The van der Waals surface area contributed by atoms with Crippen LogP contribution in [0.5, 0.6) is 0 Å². The highest BCUT2D eigenvalue weighted by molar-refractivity contribution is 7.89. The van der Waals surface area contributed by atoms with Crippen LogP contribution in [0.2, 0.25) is 0 Å². The van der Waals surface area contributed by atoms with Crippen LogP contribution in [0.25, 0.3) is 0 Å². The molecule has 0 saturated heterocycles. The van der Waals surface area contributed by atoms with Crippen molar-refractivity contribution in [3.8, 4) is 0 Å². The highest BCUT2D eigenvalue weighted by atomic mass is 32.2. The molecule has 0 heterocycles. The summed E-state index contributed by atoms with van der Waals surface area (Å²) in [6.45, 7) is 5.02. The second kappa shape index (κ2) is 8.02. The lowest BCUT2D eigenvalue weighted by Crippen LogP contribution is -2.31. The van der Waals surface area contributed by atoms with Gasteiger partial charge in [0.1, 0.15) is 6.54 Å². The minimum absolute atomic E-state index is 0.0684. The molecule has 1 aromatic rings. The van der Waals surface area contributed by atoms with Crippen LogP contribution in [0, 0.1) is 16.0 Å². The van der Waals surface area contributed by atoms with Gasteiger partial charge in [-0.05, 0) is 30.9 Å². The van der Waals surface area contributed by atoms with Gasteiger partial charge in [0.05, 0.1) is 16.4 Å². The molecule has 9 heteroatoms. The number of nitrogens with one attached hydrogen (secondary N) is 1. The van der Waals surface area contributed by atoms with Crippen molar-refractivity contribution in [3.05, 3.63) is 33.9 Å². The number of sulfonamides is 1.